The molecule has 5 heteroatoms. The number of halogens is 1. The maximum Gasteiger partial charge on any atom is 0.224 e. The Morgan fingerprint density at radius 3 is 3.33 bits per heavy atom. The van der Waals surface area contributed by atoms with Crippen LogP contribution in [0.3, 0.4) is 0 Å². The van der Waals surface area contributed by atoms with Crippen molar-refractivity contribution in [3.8, 4) is 5.75 Å². The fraction of sp³-hybridized carbons (Fsp3) is 0.600. The van der Waals surface area contributed by atoms with Crippen LogP contribution in [0.1, 0.15) is 19.8 Å². The van der Waals surface area contributed by atoms with E-state index in [0.29, 0.717) is 6.61 Å². The molecule has 0 amide bonds. The third-order valence-corrected chi connectivity index (χ3v) is 3.43. The van der Waals surface area contributed by atoms with Crippen molar-refractivity contribution in [1.29, 1.82) is 0 Å². The highest BCUT2D eigenvalue weighted by Crippen LogP contribution is 2.41. The molecule has 0 spiro atoms. The van der Waals surface area contributed by atoms with Gasteiger partial charge in [0.05, 0.1) is 11.7 Å². The number of aromatic nitrogens is 2. The van der Waals surface area contributed by atoms with E-state index in [4.69, 9.17) is 16.3 Å². The van der Waals surface area contributed by atoms with E-state index in [1.165, 1.54) is 6.42 Å². The Hall–Kier alpha value is -1.03. The second kappa shape index (κ2) is 2.98. The van der Waals surface area contributed by atoms with Crippen LogP contribution in [0.5, 0.6) is 5.75 Å². The monoisotopic (exact) mass is 225 g/mol. The molecule has 3 rings (SSSR count). The number of ether oxygens (including phenoxy) is 1. The van der Waals surface area contributed by atoms with Gasteiger partial charge in [0.2, 0.25) is 5.28 Å². The molecular weight excluding hydrogens is 214 g/mol. The second-order valence-electron chi connectivity index (χ2n) is 4.37. The molecule has 1 saturated heterocycles. The van der Waals surface area contributed by atoms with Gasteiger partial charge >= 0.3 is 0 Å². The summed E-state index contributed by atoms with van der Waals surface area (Å²) in [6, 6.07) is 0. The fourth-order valence-corrected chi connectivity index (χ4v) is 2.53. The van der Waals surface area contributed by atoms with E-state index < -0.39 is 0 Å². The van der Waals surface area contributed by atoms with Crippen molar-refractivity contribution in [3.63, 3.8) is 0 Å². The standard InChI is InChI=1S/C10H12ClN3O/c1-10-3-2-4-14(10)8-7(15-6-10)5-12-9(11)13-8/h5H,2-4,6H2,1H3/t10-/m0/s1. The Morgan fingerprint density at radius 1 is 1.60 bits per heavy atom. The maximum atomic E-state index is 5.81. The van der Waals surface area contributed by atoms with Crippen molar-refractivity contribution in [3.05, 3.63) is 11.5 Å². The van der Waals surface area contributed by atoms with Crippen LogP contribution in [-0.4, -0.2) is 28.7 Å². The van der Waals surface area contributed by atoms with Gasteiger partial charge in [0.15, 0.2) is 11.6 Å². The zero-order valence-corrected chi connectivity index (χ0v) is 9.29. The zero-order chi connectivity index (χ0) is 10.5. The van der Waals surface area contributed by atoms with Gasteiger partial charge in [-0.1, -0.05) is 0 Å². The first-order valence-corrected chi connectivity index (χ1v) is 5.50. The van der Waals surface area contributed by atoms with E-state index in [1.54, 1.807) is 6.20 Å². The highest BCUT2D eigenvalue weighted by atomic mass is 35.5. The van der Waals surface area contributed by atoms with Gasteiger partial charge in [-0.3, -0.25) is 0 Å². The molecule has 1 aromatic heterocycles. The van der Waals surface area contributed by atoms with Gasteiger partial charge in [0, 0.05) is 6.54 Å². The van der Waals surface area contributed by atoms with Crippen LogP contribution in [0.15, 0.2) is 6.20 Å². The molecule has 3 heterocycles. The number of fused-ring (bicyclic) bond motifs is 3. The molecule has 0 radical (unpaired) electrons. The molecule has 0 aliphatic carbocycles. The Balaban J connectivity index is 2.11. The molecule has 4 nitrogen and oxygen atoms in total. The molecule has 1 fully saturated rings. The van der Waals surface area contributed by atoms with Crippen LogP contribution < -0.4 is 9.64 Å². The molecule has 0 unspecified atom stereocenters. The van der Waals surface area contributed by atoms with Gasteiger partial charge < -0.3 is 9.64 Å². The molecule has 0 saturated carbocycles. The van der Waals surface area contributed by atoms with Gasteiger partial charge in [-0.2, -0.15) is 4.98 Å². The molecule has 2 aliphatic rings. The number of anilines is 1. The average Bonchev–Trinajstić information content (AvgIpc) is 2.60. The van der Waals surface area contributed by atoms with E-state index in [0.717, 1.165) is 24.5 Å². The molecule has 15 heavy (non-hydrogen) atoms. The first-order chi connectivity index (χ1) is 7.19. The summed E-state index contributed by atoms with van der Waals surface area (Å²) < 4.78 is 5.67. The Labute approximate surface area is 93.2 Å². The van der Waals surface area contributed by atoms with Crippen LogP contribution in [0.2, 0.25) is 5.28 Å². The summed E-state index contributed by atoms with van der Waals surface area (Å²) in [6.45, 7) is 3.95. The first-order valence-electron chi connectivity index (χ1n) is 5.12. The van der Waals surface area contributed by atoms with E-state index in [1.807, 2.05) is 0 Å². The third-order valence-electron chi connectivity index (χ3n) is 3.25. The lowest BCUT2D eigenvalue weighted by Gasteiger charge is -2.40. The van der Waals surface area contributed by atoms with E-state index in [-0.39, 0.29) is 10.8 Å². The summed E-state index contributed by atoms with van der Waals surface area (Å²) in [5.41, 5.74) is 0.0880. The number of hydrogen-bond donors (Lipinski definition) is 0. The predicted molar refractivity (Wildman–Crippen MR) is 57.5 cm³/mol. The van der Waals surface area contributed by atoms with Gasteiger partial charge in [-0.25, -0.2) is 4.98 Å². The van der Waals surface area contributed by atoms with E-state index in [2.05, 4.69) is 21.8 Å². The fourth-order valence-electron chi connectivity index (χ4n) is 2.40. The number of nitrogens with zero attached hydrogens (tertiary/aromatic N) is 3. The van der Waals surface area contributed by atoms with Crippen molar-refractivity contribution in [2.24, 2.45) is 0 Å². The van der Waals surface area contributed by atoms with Gasteiger partial charge in [-0.05, 0) is 31.4 Å². The number of rotatable bonds is 0. The molecule has 0 bridgehead atoms. The van der Waals surface area contributed by atoms with Crippen LogP contribution in [-0.2, 0) is 0 Å². The average molecular weight is 226 g/mol. The molecule has 0 N–H and O–H groups in total. The molecule has 1 aromatic rings. The van der Waals surface area contributed by atoms with Crippen molar-refractivity contribution < 1.29 is 4.74 Å². The summed E-state index contributed by atoms with van der Waals surface area (Å²) in [5, 5.41) is 0.286. The Bertz CT molecular complexity index is 412. The first kappa shape index (κ1) is 9.21. The highest BCUT2D eigenvalue weighted by Gasteiger charge is 2.42. The lowest BCUT2D eigenvalue weighted by Crippen LogP contribution is -2.49. The molecule has 1 atom stereocenters. The minimum atomic E-state index is 0.0880. The lowest BCUT2D eigenvalue weighted by atomic mass is 9.99. The summed E-state index contributed by atoms with van der Waals surface area (Å²) in [6.07, 6.45) is 3.98. The molecule has 80 valence electrons. The van der Waals surface area contributed by atoms with Gasteiger partial charge in [-0.15, -0.1) is 0 Å². The number of hydrogen-bond acceptors (Lipinski definition) is 4. The van der Waals surface area contributed by atoms with E-state index in [9.17, 15) is 0 Å². The highest BCUT2D eigenvalue weighted by molar-refractivity contribution is 6.28. The summed E-state index contributed by atoms with van der Waals surface area (Å²) in [7, 11) is 0. The minimum absolute atomic E-state index is 0.0880. The molecular formula is C10H12ClN3O. The zero-order valence-electron chi connectivity index (χ0n) is 8.53. The van der Waals surface area contributed by atoms with Crippen LogP contribution in [0.4, 0.5) is 5.82 Å². The van der Waals surface area contributed by atoms with E-state index >= 15 is 0 Å². The van der Waals surface area contributed by atoms with Crippen molar-refractivity contribution in [2.75, 3.05) is 18.1 Å². The predicted octanol–water partition coefficient (Wildman–Crippen LogP) is 1.88. The Kier molecular flexibility index (Phi) is 1.83. The van der Waals surface area contributed by atoms with Gasteiger partial charge in [0.25, 0.3) is 0 Å². The Morgan fingerprint density at radius 2 is 2.47 bits per heavy atom. The second-order valence-corrected chi connectivity index (χ2v) is 4.71. The lowest BCUT2D eigenvalue weighted by molar-refractivity contribution is 0.210. The van der Waals surface area contributed by atoms with Crippen molar-refractivity contribution >= 4 is 17.4 Å². The minimum Gasteiger partial charge on any atom is -0.486 e. The summed E-state index contributed by atoms with van der Waals surface area (Å²) in [4.78, 5) is 10.5. The molecule has 2 aliphatic heterocycles. The van der Waals surface area contributed by atoms with Crippen LogP contribution in [0.25, 0.3) is 0 Å². The topological polar surface area (TPSA) is 38.2 Å². The molecule has 0 aromatic carbocycles. The van der Waals surface area contributed by atoms with Crippen LogP contribution >= 0.6 is 11.6 Å². The van der Waals surface area contributed by atoms with Crippen molar-refractivity contribution in [1.82, 2.24) is 9.97 Å². The smallest absolute Gasteiger partial charge is 0.224 e. The quantitative estimate of drug-likeness (QED) is 0.632. The summed E-state index contributed by atoms with van der Waals surface area (Å²) in [5.74, 6) is 1.60. The SMILES string of the molecule is C[C@@]12CCCN1c1nc(Cl)ncc1OC2. The maximum absolute atomic E-state index is 5.81. The normalized spacial score (nSPS) is 28.3. The third kappa shape index (κ3) is 1.28. The summed E-state index contributed by atoms with van der Waals surface area (Å²) >= 11 is 5.81. The van der Waals surface area contributed by atoms with Crippen molar-refractivity contribution in [2.45, 2.75) is 25.3 Å². The van der Waals surface area contributed by atoms with Crippen LogP contribution in [0, 0.1) is 0 Å². The largest absolute Gasteiger partial charge is 0.486 e. The van der Waals surface area contributed by atoms with Gasteiger partial charge in [0.1, 0.15) is 6.61 Å².